The van der Waals surface area contributed by atoms with Gasteiger partial charge in [0.25, 0.3) is 5.91 Å². The van der Waals surface area contributed by atoms with Crippen molar-refractivity contribution >= 4 is 58.1 Å². The van der Waals surface area contributed by atoms with E-state index >= 15 is 0 Å². The zero-order chi connectivity index (χ0) is 17.7. The van der Waals surface area contributed by atoms with E-state index < -0.39 is 11.9 Å². The summed E-state index contributed by atoms with van der Waals surface area (Å²) in [6.07, 6.45) is 0. The largest absolute Gasteiger partial charge is 0.465 e. The zero-order valence-electron chi connectivity index (χ0n) is 12.4. The van der Waals surface area contributed by atoms with Crippen molar-refractivity contribution in [3.8, 4) is 0 Å². The minimum absolute atomic E-state index is 0.0943. The maximum absolute atomic E-state index is 12.1. The van der Waals surface area contributed by atoms with Gasteiger partial charge in [0.05, 0.1) is 23.3 Å². The third-order valence-electron chi connectivity index (χ3n) is 2.97. The Morgan fingerprint density at radius 3 is 2.33 bits per heavy atom. The highest BCUT2D eigenvalue weighted by molar-refractivity contribution is 7.80. The molecule has 0 fully saturated rings. The number of methoxy groups -OCH3 is 1. The normalized spacial score (nSPS) is 9.96. The van der Waals surface area contributed by atoms with Gasteiger partial charge in [-0.05, 0) is 54.7 Å². The highest BCUT2D eigenvalue weighted by Crippen LogP contribution is 2.20. The van der Waals surface area contributed by atoms with Crippen molar-refractivity contribution in [3.05, 3.63) is 63.6 Å². The van der Waals surface area contributed by atoms with Gasteiger partial charge in [-0.25, -0.2) is 4.79 Å². The highest BCUT2D eigenvalue weighted by atomic mass is 35.5. The molecule has 0 heterocycles. The fraction of sp³-hybridized carbons (Fsp3) is 0.0625. The summed E-state index contributed by atoms with van der Waals surface area (Å²) in [5.41, 5.74) is 1.27. The molecule has 2 rings (SSSR count). The molecule has 2 aromatic rings. The van der Waals surface area contributed by atoms with Crippen LogP contribution in [0.3, 0.4) is 0 Å². The topological polar surface area (TPSA) is 67.4 Å². The van der Waals surface area contributed by atoms with Crippen LogP contribution in [-0.2, 0) is 4.74 Å². The van der Waals surface area contributed by atoms with E-state index in [0.29, 0.717) is 16.3 Å². The number of anilines is 1. The van der Waals surface area contributed by atoms with Gasteiger partial charge in [0, 0.05) is 10.7 Å². The summed E-state index contributed by atoms with van der Waals surface area (Å²) in [5, 5.41) is 6.11. The second-order valence-corrected chi connectivity index (χ2v) is 5.85. The molecule has 124 valence electrons. The molecule has 24 heavy (non-hydrogen) atoms. The molecular formula is C16H12Cl2N2O3S. The second kappa shape index (κ2) is 8.10. The average Bonchev–Trinajstić information content (AvgIpc) is 2.54. The first kappa shape index (κ1) is 18.2. The molecule has 2 N–H and O–H groups in total. The molecule has 0 saturated carbocycles. The molecule has 0 aliphatic heterocycles. The van der Waals surface area contributed by atoms with Crippen molar-refractivity contribution in [1.29, 1.82) is 0 Å². The van der Waals surface area contributed by atoms with Crippen molar-refractivity contribution < 1.29 is 14.3 Å². The molecule has 0 spiro atoms. The monoisotopic (exact) mass is 382 g/mol. The number of benzene rings is 2. The van der Waals surface area contributed by atoms with E-state index in [1.807, 2.05) is 0 Å². The molecular weight excluding hydrogens is 371 g/mol. The van der Waals surface area contributed by atoms with Gasteiger partial charge in [-0.1, -0.05) is 23.2 Å². The Bertz CT molecular complexity index is 794. The lowest BCUT2D eigenvalue weighted by Gasteiger charge is -2.11. The van der Waals surface area contributed by atoms with E-state index in [-0.39, 0.29) is 15.7 Å². The molecule has 0 aliphatic rings. The Morgan fingerprint density at radius 2 is 1.75 bits per heavy atom. The first-order valence-electron chi connectivity index (χ1n) is 6.66. The molecule has 0 aliphatic carbocycles. The fourth-order valence-electron chi connectivity index (χ4n) is 1.81. The third-order valence-corrected chi connectivity index (χ3v) is 3.72. The van der Waals surface area contributed by atoms with Gasteiger partial charge in [-0.2, -0.15) is 0 Å². The van der Waals surface area contributed by atoms with Crippen molar-refractivity contribution in [2.24, 2.45) is 0 Å². The number of carbonyl (C=O) groups is 2. The average molecular weight is 383 g/mol. The summed E-state index contributed by atoms with van der Waals surface area (Å²) < 4.78 is 4.61. The molecule has 0 atom stereocenters. The summed E-state index contributed by atoms with van der Waals surface area (Å²) in [7, 11) is 1.31. The van der Waals surface area contributed by atoms with Gasteiger partial charge < -0.3 is 10.1 Å². The van der Waals surface area contributed by atoms with Gasteiger partial charge in [0.15, 0.2) is 5.11 Å². The van der Waals surface area contributed by atoms with Crippen molar-refractivity contribution in [2.45, 2.75) is 0 Å². The van der Waals surface area contributed by atoms with E-state index in [2.05, 4.69) is 15.4 Å². The minimum Gasteiger partial charge on any atom is -0.465 e. The first-order valence-corrected chi connectivity index (χ1v) is 7.83. The standard InChI is InChI=1S/C16H12Cl2N2O3S/c1-23-15(22)9-2-5-11(6-3-9)19-16(24)20-14(21)12-7-4-10(17)8-13(12)18/h2-8H,1H3,(H2,19,20,21,24). The Balaban J connectivity index is 2.00. The van der Waals surface area contributed by atoms with Crippen LogP contribution in [0.4, 0.5) is 5.69 Å². The van der Waals surface area contributed by atoms with E-state index in [0.717, 1.165) is 0 Å². The summed E-state index contributed by atoms with van der Waals surface area (Å²) in [6, 6.07) is 11.0. The smallest absolute Gasteiger partial charge is 0.337 e. The zero-order valence-corrected chi connectivity index (χ0v) is 14.8. The van der Waals surface area contributed by atoms with Crippen LogP contribution in [0.5, 0.6) is 0 Å². The number of hydrogen-bond donors (Lipinski definition) is 2. The first-order chi connectivity index (χ1) is 11.4. The molecule has 1 amide bonds. The molecule has 0 radical (unpaired) electrons. The Kier molecular flexibility index (Phi) is 6.14. The van der Waals surface area contributed by atoms with E-state index in [4.69, 9.17) is 35.4 Å². The van der Waals surface area contributed by atoms with Crippen LogP contribution < -0.4 is 10.6 Å². The predicted octanol–water partition coefficient (Wildman–Crippen LogP) is 3.91. The van der Waals surface area contributed by atoms with Crippen molar-refractivity contribution in [3.63, 3.8) is 0 Å². The Hall–Kier alpha value is -2.15. The van der Waals surface area contributed by atoms with Crippen LogP contribution in [-0.4, -0.2) is 24.1 Å². The second-order valence-electron chi connectivity index (χ2n) is 4.60. The number of halogens is 2. The predicted molar refractivity (Wildman–Crippen MR) is 97.9 cm³/mol. The van der Waals surface area contributed by atoms with Gasteiger partial charge in [-0.15, -0.1) is 0 Å². The molecule has 0 saturated heterocycles. The van der Waals surface area contributed by atoms with E-state index in [9.17, 15) is 9.59 Å². The van der Waals surface area contributed by atoms with Crippen LogP contribution in [0.1, 0.15) is 20.7 Å². The number of hydrogen-bond acceptors (Lipinski definition) is 4. The summed E-state index contributed by atoms with van der Waals surface area (Å²) >= 11 is 16.9. The van der Waals surface area contributed by atoms with Gasteiger partial charge >= 0.3 is 5.97 Å². The lowest BCUT2D eigenvalue weighted by atomic mass is 10.2. The van der Waals surface area contributed by atoms with Crippen LogP contribution in [0.25, 0.3) is 0 Å². The third kappa shape index (κ3) is 4.67. The highest BCUT2D eigenvalue weighted by Gasteiger charge is 2.12. The van der Waals surface area contributed by atoms with Crippen LogP contribution in [0, 0.1) is 0 Å². The summed E-state index contributed by atoms with van der Waals surface area (Å²) in [6.45, 7) is 0. The molecule has 0 bridgehead atoms. The summed E-state index contributed by atoms with van der Waals surface area (Å²) in [5.74, 6) is -0.893. The maximum atomic E-state index is 12.1. The molecule has 0 unspecified atom stereocenters. The van der Waals surface area contributed by atoms with Crippen molar-refractivity contribution in [2.75, 3.05) is 12.4 Å². The van der Waals surface area contributed by atoms with Crippen LogP contribution >= 0.6 is 35.4 Å². The number of amides is 1. The fourth-order valence-corrected chi connectivity index (χ4v) is 2.52. The van der Waals surface area contributed by atoms with Gasteiger partial charge in [-0.3, -0.25) is 10.1 Å². The van der Waals surface area contributed by atoms with E-state index in [1.165, 1.54) is 19.2 Å². The van der Waals surface area contributed by atoms with Crippen LogP contribution in [0.15, 0.2) is 42.5 Å². The minimum atomic E-state index is -0.458. The Labute approximate surface area is 153 Å². The Morgan fingerprint density at radius 1 is 1.08 bits per heavy atom. The molecule has 0 aromatic heterocycles. The molecule has 2 aromatic carbocycles. The number of ether oxygens (including phenoxy) is 1. The molecule has 5 nitrogen and oxygen atoms in total. The SMILES string of the molecule is COC(=O)c1ccc(NC(=S)NC(=O)c2ccc(Cl)cc2Cl)cc1. The summed E-state index contributed by atoms with van der Waals surface area (Å²) in [4.78, 5) is 23.5. The maximum Gasteiger partial charge on any atom is 0.337 e. The molecule has 8 heteroatoms. The van der Waals surface area contributed by atoms with Gasteiger partial charge in [0.2, 0.25) is 0 Å². The number of rotatable bonds is 3. The number of esters is 1. The van der Waals surface area contributed by atoms with E-state index in [1.54, 1.807) is 30.3 Å². The number of carbonyl (C=O) groups excluding carboxylic acids is 2. The number of nitrogens with one attached hydrogen (secondary N) is 2. The van der Waals surface area contributed by atoms with Gasteiger partial charge in [0.1, 0.15) is 0 Å². The lowest BCUT2D eigenvalue weighted by molar-refractivity contribution is 0.0600. The quantitative estimate of drug-likeness (QED) is 0.622. The number of thiocarbonyl (C=S) groups is 1. The lowest BCUT2D eigenvalue weighted by Crippen LogP contribution is -2.34. The van der Waals surface area contributed by atoms with Crippen LogP contribution in [0.2, 0.25) is 10.0 Å². The van der Waals surface area contributed by atoms with Crippen molar-refractivity contribution in [1.82, 2.24) is 5.32 Å².